The highest BCUT2D eigenvalue weighted by atomic mass is 32.2. The van der Waals surface area contributed by atoms with Gasteiger partial charge in [0, 0.05) is 12.0 Å². The molecular weight excluding hydrogens is 282 g/mol. The molecule has 4 heteroatoms. The molecule has 0 bridgehead atoms. The van der Waals surface area contributed by atoms with Gasteiger partial charge in [0.1, 0.15) is 6.10 Å². The maximum atomic E-state index is 6.16. The molecule has 3 nitrogen and oxygen atoms in total. The predicted octanol–water partition coefficient (Wildman–Crippen LogP) is 3.35. The lowest BCUT2D eigenvalue weighted by Gasteiger charge is -2.41. The third-order valence-corrected chi connectivity index (χ3v) is 5.99. The van der Waals surface area contributed by atoms with Crippen LogP contribution >= 0.6 is 11.8 Å². The van der Waals surface area contributed by atoms with Crippen molar-refractivity contribution in [1.82, 2.24) is 0 Å². The van der Waals surface area contributed by atoms with E-state index in [0.29, 0.717) is 6.10 Å². The third-order valence-electron chi connectivity index (χ3n) is 4.94. The van der Waals surface area contributed by atoms with Crippen LogP contribution in [0.25, 0.3) is 0 Å². The number of hydrogen-bond donors (Lipinski definition) is 1. The minimum Gasteiger partial charge on any atom is -0.493 e. The Morgan fingerprint density at radius 1 is 1.24 bits per heavy atom. The van der Waals surface area contributed by atoms with Crippen LogP contribution in [0.1, 0.15) is 37.7 Å². The van der Waals surface area contributed by atoms with Gasteiger partial charge in [-0.05, 0) is 54.9 Å². The van der Waals surface area contributed by atoms with Gasteiger partial charge in [-0.25, -0.2) is 0 Å². The molecular formula is C17H25NO2S. The molecule has 116 valence electrons. The molecule has 1 heterocycles. The highest BCUT2D eigenvalue weighted by Gasteiger charge is 2.37. The Labute approximate surface area is 131 Å². The van der Waals surface area contributed by atoms with Crippen LogP contribution in [0.4, 0.5) is 0 Å². The highest BCUT2D eigenvalue weighted by molar-refractivity contribution is 7.99. The number of ether oxygens (including phenoxy) is 2. The van der Waals surface area contributed by atoms with Crippen molar-refractivity contribution in [3.63, 3.8) is 0 Å². The van der Waals surface area contributed by atoms with Gasteiger partial charge in [-0.3, -0.25) is 0 Å². The Morgan fingerprint density at radius 3 is 2.57 bits per heavy atom. The first-order valence-corrected chi connectivity index (χ1v) is 9.06. The fourth-order valence-corrected chi connectivity index (χ4v) is 4.35. The van der Waals surface area contributed by atoms with E-state index in [2.05, 4.69) is 18.2 Å². The summed E-state index contributed by atoms with van der Waals surface area (Å²) in [6.45, 7) is 0.718. The number of methoxy groups -OCH3 is 1. The molecule has 0 amide bonds. The lowest BCUT2D eigenvalue weighted by molar-refractivity contribution is 0.184. The number of thioether (sulfide) groups is 1. The second kappa shape index (κ2) is 6.49. The first kappa shape index (κ1) is 15.0. The van der Waals surface area contributed by atoms with Crippen LogP contribution in [-0.4, -0.2) is 31.3 Å². The molecule has 0 radical (unpaired) electrons. The van der Waals surface area contributed by atoms with Gasteiger partial charge in [0.25, 0.3) is 0 Å². The number of nitrogens with two attached hydrogens (primary N) is 1. The molecule has 2 N–H and O–H groups in total. The van der Waals surface area contributed by atoms with Gasteiger partial charge in [0.05, 0.1) is 7.11 Å². The van der Waals surface area contributed by atoms with E-state index < -0.39 is 0 Å². The van der Waals surface area contributed by atoms with E-state index in [-0.39, 0.29) is 5.41 Å². The zero-order chi connectivity index (χ0) is 14.7. The summed E-state index contributed by atoms with van der Waals surface area (Å²) in [6, 6.07) is 6.39. The topological polar surface area (TPSA) is 44.5 Å². The van der Waals surface area contributed by atoms with Crippen LogP contribution in [0.2, 0.25) is 0 Å². The summed E-state index contributed by atoms with van der Waals surface area (Å²) in [6.07, 6.45) is 6.24. The second-order valence-corrected chi connectivity index (χ2v) is 7.36. The molecule has 1 aliphatic heterocycles. The van der Waals surface area contributed by atoms with Crippen molar-refractivity contribution >= 4 is 11.8 Å². The van der Waals surface area contributed by atoms with E-state index in [4.69, 9.17) is 15.2 Å². The number of hydrogen-bond acceptors (Lipinski definition) is 4. The predicted molar refractivity (Wildman–Crippen MR) is 88.6 cm³/mol. The first-order valence-electron chi connectivity index (χ1n) is 7.90. The molecule has 0 atom stereocenters. The van der Waals surface area contributed by atoms with Crippen LogP contribution in [0.3, 0.4) is 0 Å². The second-order valence-electron chi connectivity index (χ2n) is 6.13. The Kier molecular flexibility index (Phi) is 4.65. The maximum Gasteiger partial charge on any atom is 0.161 e. The summed E-state index contributed by atoms with van der Waals surface area (Å²) in [7, 11) is 1.72. The standard InChI is InChI=1S/C17H25NO2S/c1-19-16-11-13(17(12-18)7-2-8-17)3-4-15(16)20-14-5-9-21-10-6-14/h3-4,11,14H,2,5-10,12,18H2,1H3. The summed E-state index contributed by atoms with van der Waals surface area (Å²) in [4.78, 5) is 0. The van der Waals surface area contributed by atoms with Crippen molar-refractivity contribution in [3.05, 3.63) is 23.8 Å². The molecule has 0 spiro atoms. The molecule has 2 aliphatic rings. The molecule has 1 aliphatic carbocycles. The SMILES string of the molecule is COc1cc(C2(CN)CCC2)ccc1OC1CCSCC1. The van der Waals surface area contributed by atoms with Gasteiger partial charge in [0.2, 0.25) is 0 Å². The maximum absolute atomic E-state index is 6.16. The van der Waals surface area contributed by atoms with Crippen LogP contribution in [-0.2, 0) is 5.41 Å². The molecule has 1 aromatic rings. The number of benzene rings is 1. The smallest absolute Gasteiger partial charge is 0.161 e. The van der Waals surface area contributed by atoms with Gasteiger partial charge in [0.15, 0.2) is 11.5 Å². The Hall–Kier alpha value is -0.870. The molecule has 2 fully saturated rings. The minimum absolute atomic E-state index is 0.174. The van der Waals surface area contributed by atoms with Crippen LogP contribution in [0.5, 0.6) is 11.5 Å². The van der Waals surface area contributed by atoms with Crippen LogP contribution in [0, 0.1) is 0 Å². The summed E-state index contributed by atoms with van der Waals surface area (Å²) < 4.78 is 11.7. The Morgan fingerprint density at radius 2 is 2.00 bits per heavy atom. The minimum atomic E-state index is 0.174. The molecule has 1 saturated carbocycles. The monoisotopic (exact) mass is 307 g/mol. The van der Waals surface area contributed by atoms with Crippen molar-refractivity contribution < 1.29 is 9.47 Å². The van der Waals surface area contributed by atoms with E-state index >= 15 is 0 Å². The average Bonchev–Trinajstić information content (AvgIpc) is 2.49. The van der Waals surface area contributed by atoms with Crippen molar-refractivity contribution in [2.24, 2.45) is 5.73 Å². The zero-order valence-corrected chi connectivity index (χ0v) is 13.6. The van der Waals surface area contributed by atoms with Crippen molar-refractivity contribution in [1.29, 1.82) is 0 Å². The van der Waals surface area contributed by atoms with Gasteiger partial charge < -0.3 is 15.2 Å². The van der Waals surface area contributed by atoms with E-state index in [0.717, 1.165) is 30.9 Å². The summed E-state index contributed by atoms with van der Waals surface area (Å²) in [5, 5.41) is 0. The van der Waals surface area contributed by atoms with Crippen molar-refractivity contribution in [2.45, 2.75) is 43.6 Å². The number of rotatable bonds is 5. The normalized spacial score (nSPS) is 21.6. The summed E-state index contributed by atoms with van der Waals surface area (Å²) in [5.74, 6) is 4.12. The molecule has 1 saturated heterocycles. The molecule has 1 aromatic carbocycles. The summed E-state index contributed by atoms with van der Waals surface area (Å²) >= 11 is 2.01. The quantitative estimate of drug-likeness (QED) is 0.906. The summed E-state index contributed by atoms with van der Waals surface area (Å²) in [5.41, 5.74) is 7.48. The fourth-order valence-electron chi connectivity index (χ4n) is 3.28. The van der Waals surface area contributed by atoms with E-state index in [9.17, 15) is 0 Å². The van der Waals surface area contributed by atoms with Gasteiger partial charge in [-0.1, -0.05) is 12.5 Å². The Balaban J connectivity index is 1.78. The molecule has 0 aromatic heterocycles. The largest absolute Gasteiger partial charge is 0.493 e. The lowest BCUT2D eigenvalue weighted by Crippen LogP contribution is -2.41. The van der Waals surface area contributed by atoms with Crippen LogP contribution in [0.15, 0.2) is 18.2 Å². The first-order chi connectivity index (χ1) is 10.3. The van der Waals surface area contributed by atoms with Gasteiger partial charge in [-0.15, -0.1) is 0 Å². The van der Waals surface area contributed by atoms with Gasteiger partial charge in [-0.2, -0.15) is 11.8 Å². The molecule has 0 unspecified atom stereocenters. The van der Waals surface area contributed by atoms with Crippen molar-refractivity contribution in [3.8, 4) is 11.5 Å². The lowest BCUT2D eigenvalue weighted by atomic mass is 9.64. The van der Waals surface area contributed by atoms with Gasteiger partial charge >= 0.3 is 0 Å². The van der Waals surface area contributed by atoms with Crippen LogP contribution < -0.4 is 15.2 Å². The van der Waals surface area contributed by atoms with E-state index in [1.807, 2.05) is 11.8 Å². The van der Waals surface area contributed by atoms with E-state index in [1.54, 1.807) is 7.11 Å². The molecule has 3 rings (SSSR count). The molecule has 21 heavy (non-hydrogen) atoms. The zero-order valence-electron chi connectivity index (χ0n) is 12.8. The average molecular weight is 307 g/mol. The Bertz CT molecular complexity index is 476. The van der Waals surface area contributed by atoms with Crippen molar-refractivity contribution in [2.75, 3.05) is 25.2 Å². The highest BCUT2D eigenvalue weighted by Crippen LogP contribution is 2.45. The fraction of sp³-hybridized carbons (Fsp3) is 0.647. The third kappa shape index (κ3) is 3.02. The van der Waals surface area contributed by atoms with E-state index in [1.165, 1.54) is 36.3 Å².